The van der Waals surface area contributed by atoms with Crippen LogP contribution in [0.5, 0.6) is 0 Å². The maximum Gasteiger partial charge on any atom is 0.228 e. The summed E-state index contributed by atoms with van der Waals surface area (Å²) in [5, 5.41) is 3.51. The molecule has 0 bridgehead atoms. The van der Waals surface area contributed by atoms with Crippen LogP contribution in [0.3, 0.4) is 0 Å². The van der Waals surface area contributed by atoms with Gasteiger partial charge < -0.3 is 5.32 Å². The molecule has 0 spiro atoms. The first-order valence-electron chi connectivity index (χ1n) is 5.87. The first-order valence-corrected chi connectivity index (χ1v) is 6.99. The Morgan fingerprint density at radius 1 is 1.16 bits per heavy atom. The fourth-order valence-electron chi connectivity index (χ4n) is 1.79. The number of nitrogens with one attached hydrogen (secondary N) is 1. The number of anilines is 1. The SMILES string of the molecule is O=C(Cc1cccc(F)c1)Nc1ccccc1CBr. The molecule has 0 aliphatic rings. The van der Waals surface area contributed by atoms with Crippen LogP contribution in [0.25, 0.3) is 0 Å². The van der Waals surface area contributed by atoms with Crippen molar-refractivity contribution >= 4 is 27.5 Å². The van der Waals surface area contributed by atoms with Crippen LogP contribution in [-0.4, -0.2) is 5.91 Å². The number of carbonyl (C=O) groups is 1. The number of amides is 1. The van der Waals surface area contributed by atoms with E-state index in [1.165, 1.54) is 12.1 Å². The Balaban J connectivity index is 2.05. The molecule has 0 aliphatic carbocycles. The second-order valence-electron chi connectivity index (χ2n) is 4.15. The maximum absolute atomic E-state index is 13.0. The molecule has 0 atom stereocenters. The summed E-state index contributed by atoms with van der Waals surface area (Å²) in [5.74, 6) is -0.481. The van der Waals surface area contributed by atoms with Gasteiger partial charge in [-0.2, -0.15) is 0 Å². The van der Waals surface area contributed by atoms with E-state index in [4.69, 9.17) is 0 Å². The number of alkyl halides is 1. The highest BCUT2D eigenvalue weighted by atomic mass is 79.9. The molecule has 0 fully saturated rings. The monoisotopic (exact) mass is 321 g/mol. The first-order chi connectivity index (χ1) is 9.19. The fraction of sp³-hybridized carbons (Fsp3) is 0.133. The summed E-state index contributed by atoms with van der Waals surface area (Å²) in [6.45, 7) is 0. The smallest absolute Gasteiger partial charge is 0.228 e. The Morgan fingerprint density at radius 2 is 1.95 bits per heavy atom. The van der Waals surface area contributed by atoms with Crippen molar-refractivity contribution < 1.29 is 9.18 Å². The number of para-hydroxylation sites is 1. The largest absolute Gasteiger partial charge is 0.326 e. The average Bonchev–Trinajstić information content (AvgIpc) is 2.39. The minimum atomic E-state index is -0.328. The van der Waals surface area contributed by atoms with Gasteiger partial charge in [0.25, 0.3) is 0 Å². The Labute approximate surface area is 119 Å². The topological polar surface area (TPSA) is 29.1 Å². The van der Waals surface area contributed by atoms with Crippen molar-refractivity contribution in [2.24, 2.45) is 0 Å². The van der Waals surface area contributed by atoms with Gasteiger partial charge in [-0.25, -0.2) is 4.39 Å². The Kier molecular flexibility index (Phi) is 4.68. The van der Waals surface area contributed by atoms with Crippen molar-refractivity contribution in [1.82, 2.24) is 0 Å². The van der Waals surface area contributed by atoms with Gasteiger partial charge in [-0.1, -0.05) is 46.3 Å². The van der Waals surface area contributed by atoms with E-state index < -0.39 is 0 Å². The molecule has 0 aliphatic heterocycles. The Hall–Kier alpha value is -1.68. The molecule has 2 rings (SSSR count). The quantitative estimate of drug-likeness (QED) is 0.850. The summed E-state index contributed by atoms with van der Waals surface area (Å²) < 4.78 is 13.0. The van der Waals surface area contributed by atoms with Gasteiger partial charge in [0.15, 0.2) is 0 Å². The molecule has 1 N–H and O–H groups in total. The van der Waals surface area contributed by atoms with Crippen LogP contribution in [0, 0.1) is 5.82 Å². The molecule has 0 aromatic heterocycles. The van der Waals surface area contributed by atoms with E-state index in [2.05, 4.69) is 21.2 Å². The summed E-state index contributed by atoms with van der Waals surface area (Å²) >= 11 is 3.37. The highest BCUT2D eigenvalue weighted by molar-refractivity contribution is 9.08. The van der Waals surface area contributed by atoms with Crippen LogP contribution < -0.4 is 5.32 Å². The van der Waals surface area contributed by atoms with Crippen molar-refractivity contribution in [1.29, 1.82) is 0 Å². The van der Waals surface area contributed by atoms with E-state index in [0.29, 0.717) is 10.9 Å². The summed E-state index contributed by atoms with van der Waals surface area (Å²) in [4.78, 5) is 11.9. The molecule has 0 radical (unpaired) electrons. The van der Waals surface area contributed by atoms with Gasteiger partial charge in [0.2, 0.25) is 5.91 Å². The summed E-state index contributed by atoms with van der Waals surface area (Å²) in [6.07, 6.45) is 0.161. The second kappa shape index (κ2) is 6.48. The third-order valence-corrected chi connectivity index (χ3v) is 3.29. The van der Waals surface area contributed by atoms with E-state index in [-0.39, 0.29) is 18.1 Å². The van der Waals surface area contributed by atoms with Crippen molar-refractivity contribution in [3.05, 3.63) is 65.5 Å². The van der Waals surface area contributed by atoms with Gasteiger partial charge in [-0.3, -0.25) is 4.79 Å². The highest BCUT2D eigenvalue weighted by Gasteiger charge is 2.07. The summed E-state index contributed by atoms with van der Waals surface area (Å²) in [7, 11) is 0. The first kappa shape index (κ1) is 13.7. The highest BCUT2D eigenvalue weighted by Crippen LogP contribution is 2.18. The standard InChI is InChI=1S/C15H13BrFNO/c16-10-12-5-1-2-7-14(12)18-15(19)9-11-4-3-6-13(17)8-11/h1-8H,9-10H2,(H,18,19). The van der Waals surface area contributed by atoms with Gasteiger partial charge in [0, 0.05) is 11.0 Å². The van der Waals surface area contributed by atoms with Gasteiger partial charge in [0.05, 0.1) is 6.42 Å². The van der Waals surface area contributed by atoms with E-state index in [1.807, 2.05) is 24.3 Å². The third-order valence-electron chi connectivity index (χ3n) is 2.69. The van der Waals surface area contributed by atoms with Crippen molar-refractivity contribution in [3.8, 4) is 0 Å². The van der Waals surface area contributed by atoms with Gasteiger partial charge in [0.1, 0.15) is 5.82 Å². The zero-order chi connectivity index (χ0) is 13.7. The zero-order valence-corrected chi connectivity index (χ0v) is 11.8. The molecule has 0 saturated heterocycles. The lowest BCUT2D eigenvalue weighted by molar-refractivity contribution is -0.115. The lowest BCUT2D eigenvalue weighted by atomic mass is 10.1. The Bertz CT molecular complexity index is 586. The maximum atomic E-state index is 13.0. The molecule has 2 nitrogen and oxygen atoms in total. The molecule has 0 heterocycles. The molecule has 0 unspecified atom stereocenters. The van der Waals surface area contributed by atoms with E-state index in [9.17, 15) is 9.18 Å². The number of halogens is 2. The molecule has 2 aromatic carbocycles. The number of benzene rings is 2. The third kappa shape index (κ3) is 3.89. The predicted octanol–water partition coefficient (Wildman–Crippen LogP) is 3.90. The van der Waals surface area contributed by atoms with Crippen molar-refractivity contribution in [2.75, 3.05) is 5.32 Å². The van der Waals surface area contributed by atoms with Crippen LogP contribution in [-0.2, 0) is 16.5 Å². The molecule has 19 heavy (non-hydrogen) atoms. The van der Waals surface area contributed by atoms with E-state index in [1.54, 1.807) is 12.1 Å². The predicted molar refractivity (Wildman–Crippen MR) is 77.8 cm³/mol. The van der Waals surface area contributed by atoms with Gasteiger partial charge >= 0.3 is 0 Å². The summed E-state index contributed by atoms with van der Waals surface area (Å²) in [6, 6.07) is 13.6. The molecule has 1 amide bonds. The molecular formula is C15H13BrFNO. The minimum absolute atomic E-state index is 0.154. The normalized spacial score (nSPS) is 10.2. The van der Waals surface area contributed by atoms with Crippen LogP contribution in [0.1, 0.15) is 11.1 Å². The van der Waals surface area contributed by atoms with E-state index >= 15 is 0 Å². The van der Waals surface area contributed by atoms with Crippen LogP contribution in [0.2, 0.25) is 0 Å². The number of hydrogen-bond acceptors (Lipinski definition) is 1. The fourth-order valence-corrected chi connectivity index (χ4v) is 2.27. The minimum Gasteiger partial charge on any atom is -0.326 e. The van der Waals surface area contributed by atoms with Crippen LogP contribution in [0.15, 0.2) is 48.5 Å². The second-order valence-corrected chi connectivity index (χ2v) is 4.71. The number of rotatable bonds is 4. The lowest BCUT2D eigenvalue weighted by Gasteiger charge is -2.09. The average molecular weight is 322 g/mol. The Morgan fingerprint density at radius 3 is 2.68 bits per heavy atom. The van der Waals surface area contributed by atoms with Gasteiger partial charge in [-0.15, -0.1) is 0 Å². The summed E-state index contributed by atoms with van der Waals surface area (Å²) in [5.41, 5.74) is 2.45. The molecule has 0 saturated carbocycles. The van der Waals surface area contributed by atoms with Crippen molar-refractivity contribution in [2.45, 2.75) is 11.8 Å². The lowest BCUT2D eigenvalue weighted by Crippen LogP contribution is -2.15. The van der Waals surface area contributed by atoms with Crippen LogP contribution >= 0.6 is 15.9 Å². The van der Waals surface area contributed by atoms with Gasteiger partial charge in [-0.05, 0) is 29.3 Å². The number of hydrogen-bond donors (Lipinski definition) is 1. The van der Waals surface area contributed by atoms with Crippen molar-refractivity contribution in [3.63, 3.8) is 0 Å². The molecule has 4 heteroatoms. The molecule has 98 valence electrons. The molecule has 2 aromatic rings. The zero-order valence-electron chi connectivity index (χ0n) is 10.2. The molecular weight excluding hydrogens is 309 g/mol. The number of carbonyl (C=O) groups excluding carboxylic acids is 1. The van der Waals surface area contributed by atoms with Crippen LogP contribution in [0.4, 0.5) is 10.1 Å². The van der Waals surface area contributed by atoms with E-state index in [0.717, 1.165) is 11.3 Å².